The molecule has 4 aromatic rings. The van der Waals surface area contributed by atoms with Crippen LogP contribution in [0.25, 0.3) is 0 Å². The normalized spacial score (nSPS) is 11.3. The number of ether oxygens (including phenoxy) is 1. The molecule has 0 radical (unpaired) electrons. The highest BCUT2D eigenvalue weighted by atomic mass is 79.9. The van der Waals surface area contributed by atoms with E-state index >= 15 is 0 Å². The van der Waals surface area contributed by atoms with Gasteiger partial charge in [-0.05, 0) is 23.3 Å². The van der Waals surface area contributed by atoms with Crippen LogP contribution in [-0.4, -0.2) is 11.8 Å². The fourth-order valence-corrected chi connectivity index (χ4v) is 3.90. The first-order valence-electron chi connectivity index (χ1n) is 10.8. The van der Waals surface area contributed by atoms with E-state index in [9.17, 15) is 5.26 Å². The molecule has 0 bridgehead atoms. The first-order valence-corrected chi connectivity index (χ1v) is 11.6. The molecular formula is C29H23BrN2O. The molecule has 0 N–H and O–H groups in total. The third kappa shape index (κ3) is 6.19. The van der Waals surface area contributed by atoms with Crippen LogP contribution in [0.3, 0.4) is 0 Å². The molecule has 0 amide bonds. The lowest BCUT2D eigenvalue weighted by molar-refractivity contribution is 0.302. The molecule has 0 aliphatic heterocycles. The number of nitrogens with zero attached hydrogens (tertiary/aromatic N) is 2. The SMILES string of the molecule is N#CC(Cc1ccc(Br)cc1OCc1ccccc1)N=C(c1ccccc1)c1ccccc1. The molecule has 33 heavy (non-hydrogen) atoms. The first kappa shape index (κ1) is 22.5. The summed E-state index contributed by atoms with van der Waals surface area (Å²) in [6.07, 6.45) is 0.455. The van der Waals surface area contributed by atoms with E-state index in [4.69, 9.17) is 9.73 Å². The van der Waals surface area contributed by atoms with Crippen LogP contribution in [0.5, 0.6) is 5.75 Å². The van der Waals surface area contributed by atoms with Crippen molar-refractivity contribution in [1.29, 1.82) is 5.26 Å². The zero-order valence-electron chi connectivity index (χ0n) is 18.1. The molecule has 0 heterocycles. The van der Waals surface area contributed by atoms with Crippen LogP contribution in [0.2, 0.25) is 0 Å². The second-order valence-corrected chi connectivity index (χ2v) is 8.50. The Balaban J connectivity index is 1.63. The number of aliphatic imine (C=N–C) groups is 1. The van der Waals surface area contributed by atoms with Crippen LogP contribution in [0.15, 0.2) is 119 Å². The summed E-state index contributed by atoms with van der Waals surface area (Å²) in [4.78, 5) is 4.90. The smallest absolute Gasteiger partial charge is 0.141 e. The summed E-state index contributed by atoms with van der Waals surface area (Å²) in [5.41, 5.74) is 4.82. The monoisotopic (exact) mass is 494 g/mol. The molecule has 4 rings (SSSR count). The van der Waals surface area contributed by atoms with Gasteiger partial charge in [0.2, 0.25) is 0 Å². The summed E-state index contributed by atoms with van der Waals surface area (Å²) in [7, 11) is 0. The average molecular weight is 495 g/mol. The number of hydrogen-bond acceptors (Lipinski definition) is 3. The Morgan fingerprint density at radius 2 is 1.39 bits per heavy atom. The summed E-state index contributed by atoms with van der Waals surface area (Å²) in [6, 6.07) is 37.8. The van der Waals surface area contributed by atoms with Gasteiger partial charge in [-0.3, -0.25) is 4.99 Å². The van der Waals surface area contributed by atoms with Gasteiger partial charge in [-0.1, -0.05) is 113 Å². The van der Waals surface area contributed by atoms with Gasteiger partial charge in [0.05, 0.1) is 11.8 Å². The molecule has 1 atom stereocenters. The van der Waals surface area contributed by atoms with E-state index in [1.54, 1.807) is 0 Å². The molecule has 4 aromatic carbocycles. The molecule has 162 valence electrons. The van der Waals surface area contributed by atoms with Gasteiger partial charge >= 0.3 is 0 Å². The second kappa shape index (κ2) is 11.3. The summed E-state index contributed by atoms with van der Waals surface area (Å²) >= 11 is 3.53. The van der Waals surface area contributed by atoms with Gasteiger partial charge in [-0.2, -0.15) is 5.26 Å². The van der Waals surface area contributed by atoms with Gasteiger partial charge in [0.15, 0.2) is 0 Å². The van der Waals surface area contributed by atoms with Crippen molar-refractivity contribution in [3.8, 4) is 11.8 Å². The first-order chi connectivity index (χ1) is 16.2. The van der Waals surface area contributed by atoms with Crippen molar-refractivity contribution in [2.75, 3.05) is 0 Å². The van der Waals surface area contributed by atoms with E-state index in [1.165, 1.54) is 0 Å². The third-order valence-electron chi connectivity index (χ3n) is 5.21. The minimum Gasteiger partial charge on any atom is -0.489 e. The van der Waals surface area contributed by atoms with E-state index in [2.05, 4.69) is 22.0 Å². The summed E-state index contributed by atoms with van der Waals surface area (Å²) < 4.78 is 7.07. The number of nitriles is 1. The van der Waals surface area contributed by atoms with Crippen LogP contribution in [0.4, 0.5) is 0 Å². The number of hydrogen-bond donors (Lipinski definition) is 0. The largest absolute Gasteiger partial charge is 0.489 e. The van der Waals surface area contributed by atoms with Crippen LogP contribution in [-0.2, 0) is 13.0 Å². The van der Waals surface area contributed by atoms with Crippen molar-refractivity contribution in [2.45, 2.75) is 19.1 Å². The molecule has 0 fully saturated rings. The lowest BCUT2D eigenvalue weighted by Gasteiger charge is -2.15. The van der Waals surface area contributed by atoms with Crippen molar-refractivity contribution in [3.63, 3.8) is 0 Å². The number of halogens is 1. The van der Waals surface area contributed by atoms with Gasteiger partial charge < -0.3 is 4.74 Å². The van der Waals surface area contributed by atoms with Crippen molar-refractivity contribution < 1.29 is 4.74 Å². The minimum atomic E-state index is -0.555. The highest BCUT2D eigenvalue weighted by Crippen LogP contribution is 2.27. The summed E-state index contributed by atoms with van der Waals surface area (Å²) in [5.74, 6) is 0.754. The number of rotatable bonds is 8. The van der Waals surface area contributed by atoms with Gasteiger partial charge in [-0.15, -0.1) is 0 Å². The Kier molecular flexibility index (Phi) is 7.68. The molecule has 0 aliphatic carbocycles. The zero-order chi connectivity index (χ0) is 22.9. The Morgan fingerprint density at radius 1 is 0.818 bits per heavy atom. The Morgan fingerprint density at radius 3 is 1.97 bits per heavy atom. The van der Waals surface area contributed by atoms with Crippen LogP contribution < -0.4 is 4.74 Å². The van der Waals surface area contributed by atoms with E-state index < -0.39 is 6.04 Å². The van der Waals surface area contributed by atoms with Crippen molar-refractivity contribution in [2.24, 2.45) is 4.99 Å². The highest BCUT2D eigenvalue weighted by molar-refractivity contribution is 9.10. The fraction of sp³-hybridized carbons (Fsp3) is 0.103. The average Bonchev–Trinajstić information content (AvgIpc) is 2.88. The lowest BCUT2D eigenvalue weighted by atomic mass is 10.0. The fourth-order valence-electron chi connectivity index (χ4n) is 3.56. The van der Waals surface area contributed by atoms with Crippen molar-refractivity contribution >= 4 is 21.6 Å². The quantitative estimate of drug-likeness (QED) is 0.247. The van der Waals surface area contributed by atoms with Gasteiger partial charge in [0.25, 0.3) is 0 Å². The van der Waals surface area contributed by atoms with Gasteiger partial charge in [-0.25, -0.2) is 0 Å². The lowest BCUT2D eigenvalue weighted by Crippen LogP contribution is -2.13. The molecule has 0 saturated carbocycles. The minimum absolute atomic E-state index is 0.455. The van der Waals surface area contributed by atoms with Crippen LogP contribution in [0, 0.1) is 11.3 Å². The Labute approximate surface area is 203 Å². The predicted molar refractivity (Wildman–Crippen MR) is 137 cm³/mol. The molecule has 0 spiro atoms. The van der Waals surface area contributed by atoms with Crippen LogP contribution >= 0.6 is 15.9 Å². The maximum atomic E-state index is 9.98. The van der Waals surface area contributed by atoms with Gasteiger partial charge in [0, 0.05) is 22.0 Å². The molecule has 0 aliphatic rings. The zero-order valence-corrected chi connectivity index (χ0v) is 19.7. The van der Waals surface area contributed by atoms with Crippen LogP contribution in [0.1, 0.15) is 22.3 Å². The molecule has 3 nitrogen and oxygen atoms in total. The van der Waals surface area contributed by atoms with E-state index in [0.29, 0.717) is 13.0 Å². The molecular weight excluding hydrogens is 472 g/mol. The van der Waals surface area contributed by atoms with E-state index in [0.717, 1.165) is 38.2 Å². The maximum Gasteiger partial charge on any atom is 0.141 e. The number of benzene rings is 4. The van der Waals surface area contributed by atoms with E-state index in [-0.39, 0.29) is 0 Å². The highest BCUT2D eigenvalue weighted by Gasteiger charge is 2.15. The topological polar surface area (TPSA) is 45.4 Å². The van der Waals surface area contributed by atoms with E-state index in [1.807, 2.05) is 109 Å². The van der Waals surface area contributed by atoms with Crippen molar-refractivity contribution in [1.82, 2.24) is 0 Å². The molecule has 4 heteroatoms. The summed E-state index contributed by atoms with van der Waals surface area (Å²) in [5, 5.41) is 9.98. The summed E-state index contributed by atoms with van der Waals surface area (Å²) in [6.45, 7) is 0.462. The third-order valence-corrected chi connectivity index (χ3v) is 5.70. The van der Waals surface area contributed by atoms with Crippen molar-refractivity contribution in [3.05, 3.63) is 136 Å². The molecule has 0 aromatic heterocycles. The Hall–Kier alpha value is -3.68. The Bertz CT molecular complexity index is 1210. The molecule has 0 saturated heterocycles. The molecule has 1 unspecified atom stereocenters. The maximum absolute atomic E-state index is 9.98. The van der Waals surface area contributed by atoms with Gasteiger partial charge in [0.1, 0.15) is 18.4 Å². The predicted octanol–water partition coefficient (Wildman–Crippen LogP) is 7.00. The standard InChI is InChI=1S/C29H23BrN2O/c30-26-17-16-25(28(19-26)33-21-22-10-4-1-5-11-22)18-27(20-31)32-29(23-12-6-2-7-13-23)24-14-8-3-9-15-24/h1-17,19,27H,18,21H2. The second-order valence-electron chi connectivity index (χ2n) is 7.59.